The number of halogens is 1. The maximum atomic E-state index is 10.9. The Bertz CT molecular complexity index is 414. The second kappa shape index (κ2) is 5.54. The standard InChI is InChI=1S/C13H16BrNO2/c14-11-5-10(13(16)17)6-12(7-11)15-8-9-3-1-2-4-9/h5-7,9,15H,1-4,8H2,(H,16,17). The molecular formula is C13H16BrNO2. The lowest BCUT2D eigenvalue weighted by atomic mass is 10.1. The number of hydrogen-bond donors (Lipinski definition) is 2. The van der Waals surface area contributed by atoms with Gasteiger partial charge in [-0.25, -0.2) is 4.79 Å². The van der Waals surface area contributed by atoms with Crippen LogP contribution in [0.25, 0.3) is 0 Å². The zero-order valence-corrected chi connectivity index (χ0v) is 11.2. The second-order valence-corrected chi connectivity index (χ2v) is 5.48. The van der Waals surface area contributed by atoms with Gasteiger partial charge in [0.15, 0.2) is 0 Å². The predicted octanol–water partition coefficient (Wildman–Crippen LogP) is 3.75. The van der Waals surface area contributed by atoms with Crippen molar-refractivity contribution in [3.05, 3.63) is 28.2 Å². The van der Waals surface area contributed by atoms with Crippen LogP contribution < -0.4 is 5.32 Å². The number of carboxylic acid groups (broad SMARTS) is 1. The highest BCUT2D eigenvalue weighted by atomic mass is 79.9. The van der Waals surface area contributed by atoms with Crippen molar-refractivity contribution in [2.45, 2.75) is 25.7 Å². The van der Waals surface area contributed by atoms with E-state index in [1.54, 1.807) is 12.1 Å². The summed E-state index contributed by atoms with van der Waals surface area (Å²) in [5.41, 5.74) is 1.19. The molecule has 1 fully saturated rings. The molecule has 1 aromatic carbocycles. The van der Waals surface area contributed by atoms with E-state index < -0.39 is 5.97 Å². The van der Waals surface area contributed by atoms with Crippen molar-refractivity contribution in [3.8, 4) is 0 Å². The maximum absolute atomic E-state index is 10.9. The first kappa shape index (κ1) is 12.4. The zero-order valence-electron chi connectivity index (χ0n) is 9.58. The van der Waals surface area contributed by atoms with Gasteiger partial charge in [0, 0.05) is 16.7 Å². The van der Waals surface area contributed by atoms with Gasteiger partial charge >= 0.3 is 5.97 Å². The Morgan fingerprint density at radius 3 is 2.71 bits per heavy atom. The molecule has 1 aliphatic rings. The van der Waals surface area contributed by atoms with Gasteiger partial charge < -0.3 is 10.4 Å². The Labute approximate surface area is 109 Å². The molecule has 0 saturated heterocycles. The molecule has 4 heteroatoms. The van der Waals surface area contributed by atoms with Crippen LogP contribution in [-0.4, -0.2) is 17.6 Å². The Balaban J connectivity index is 2.01. The summed E-state index contributed by atoms with van der Waals surface area (Å²) in [5, 5.41) is 12.3. The van der Waals surface area contributed by atoms with Crippen molar-refractivity contribution in [2.24, 2.45) is 5.92 Å². The molecule has 92 valence electrons. The average molecular weight is 298 g/mol. The summed E-state index contributed by atoms with van der Waals surface area (Å²) in [5.74, 6) is -0.155. The Morgan fingerprint density at radius 1 is 1.35 bits per heavy atom. The van der Waals surface area contributed by atoms with Gasteiger partial charge in [-0.3, -0.25) is 0 Å². The Hall–Kier alpha value is -1.03. The minimum absolute atomic E-state index is 0.313. The molecule has 0 bridgehead atoms. The average Bonchev–Trinajstić information content (AvgIpc) is 2.78. The summed E-state index contributed by atoms with van der Waals surface area (Å²) in [7, 11) is 0. The number of carbonyl (C=O) groups is 1. The number of benzene rings is 1. The second-order valence-electron chi connectivity index (χ2n) is 4.57. The minimum Gasteiger partial charge on any atom is -0.478 e. The number of carboxylic acids is 1. The number of aromatic carboxylic acids is 1. The lowest BCUT2D eigenvalue weighted by Gasteiger charge is -2.12. The summed E-state index contributed by atoms with van der Waals surface area (Å²) in [6.07, 6.45) is 5.22. The van der Waals surface area contributed by atoms with Crippen LogP contribution in [0, 0.1) is 5.92 Å². The fourth-order valence-electron chi connectivity index (χ4n) is 2.29. The third-order valence-electron chi connectivity index (χ3n) is 3.21. The van der Waals surface area contributed by atoms with Crippen LogP contribution in [0.4, 0.5) is 5.69 Å². The van der Waals surface area contributed by atoms with E-state index in [2.05, 4.69) is 21.2 Å². The van der Waals surface area contributed by atoms with Crippen LogP contribution in [0.5, 0.6) is 0 Å². The molecule has 1 saturated carbocycles. The molecule has 0 aliphatic heterocycles. The Kier molecular flexibility index (Phi) is 4.05. The van der Waals surface area contributed by atoms with Crippen molar-refractivity contribution in [2.75, 3.05) is 11.9 Å². The van der Waals surface area contributed by atoms with Gasteiger partial charge in [0.2, 0.25) is 0 Å². The summed E-state index contributed by atoms with van der Waals surface area (Å²) in [4.78, 5) is 10.9. The van der Waals surface area contributed by atoms with Gasteiger partial charge in [0.1, 0.15) is 0 Å². The smallest absolute Gasteiger partial charge is 0.335 e. The van der Waals surface area contributed by atoms with E-state index in [1.807, 2.05) is 6.07 Å². The third kappa shape index (κ3) is 3.46. The summed E-state index contributed by atoms with van der Waals surface area (Å²) >= 11 is 3.33. The van der Waals surface area contributed by atoms with Crippen LogP contribution in [0.2, 0.25) is 0 Å². The van der Waals surface area contributed by atoms with Crippen molar-refractivity contribution in [1.82, 2.24) is 0 Å². The molecule has 0 amide bonds. The van der Waals surface area contributed by atoms with Crippen LogP contribution in [0.1, 0.15) is 36.0 Å². The van der Waals surface area contributed by atoms with E-state index in [0.717, 1.165) is 22.6 Å². The van der Waals surface area contributed by atoms with Gasteiger partial charge in [0.25, 0.3) is 0 Å². The van der Waals surface area contributed by atoms with E-state index >= 15 is 0 Å². The highest BCUT2D eigenvalue weighted by Gasteiger charge is 2.14. The van der Waals surface area contributed by atoms with Crippen LogP contribution in [-0.2, 0) is 0 Å². The lowest BCUT2D eigenvalue weighted by Crippen LogP contribution is -2.11. The molecule has 17 heavy (non-hydrogen) atoms. The van der Waals surface area contributed by atoms with Crippen LogP contribution in [0.15, 0.2) is 22.7 Å². The fourth-order valence-corrected chi connectivity index (χ4v) is 2.79. The highest BCUT2D eigenvalue weighted by Crippen LogP contribution is 2.26. The normalized spacial score (nSPS) is 16.1. The van der Waals surface area contributed by atoms with Gasteiger partial charge in [-0.1, -0.05) is 28.8 Å². The quantitative estimate of drug-likeness (QED) is 0.890. The molecule has 1 aromatic rings. The molecule has 0 aromatic heterocycles. The van der Waals surface area contributed by atoms with Crippen LogP contribution in [0.3, 0.4) is 0 Å². The Morgan fingerprint density at radius 2 is 2.06 bits per heavy atom. The minimum atomic E-state index is -0.893. The number of hydrogen-bond acceptors (Lipinski definition) is 2. The first-order valence-electron chi connectivity index (χ1n) is 5.93. The van der Waals surface area contributed by atoms with Crippen molar-refractivity contribution >= 4 is 27.6 Å². The van der Waals surface area contributed by atoms with Gasteiger partial charge in [-0.05, 0) is 37.0 Å². The number of anilines is 1. The van der Waals surface area contributed by atoms with Crippen molar-refractivity contribution in [1.29, 1.82) is 0 Å². The SMILES string of the molecule is O=C(O)c1cc(Br)cc(NCC2CCCC2)c1. The molecule has 3 nitrogen and oxygen atoms in total. The first-order chi connectivity index (χ1) is 8.15. The van der Waals surface area contributed by atoms with E-state index in [4.69, 9.17) is 5.11 Å². The summed E-state index contributed by atoms with van der Waals surface area (Å²) in [6.45, 7) is 0.940. The molecule has 0 heterocycles. The number of rotatable bonds is 4. The molecule has 2 rings (SSSR count). The molecule has 0 atom stereocenters. The first-order valence-corrected chi connectivity index (χ1v) is 6.72. The topological polar surface area (TPSA) is 49.3 Å². The highest BCUT2D eigenvalue weighted by molar-refractivity contribution is 9.10. The monoisotopic (exact) mass is 297 g/mol. The van der Waals surface area contributed by atoms with Crippen molar-refractivity contribution < 1.29 is 9.90 Å². The molecule has 0 radical (unpaired) electrons. The lowest BCUT2D eigenvalue weighted by molar-refractivity contribution is 0.0697. The van der Waals surface area contributed by atoms with Gasteiger partial charge in [0.05, 0.1) is 5.56 Å². The summed E-state index contributed by atoms with van der Waals surface area (Å²) in [6, 6.07) is 5.21. The molecule has 1 aliphatic carbocycles. The maximum Gasteiger partial charge on any atom is 0.335 e. The summed E-state index contributed by atoms with van der Waals surface area (Å²) < 4.78 is 0.798. The van der Waals surface area contributed by atoms with Crippen LogP contribution >= 0.6 is 15.9 Å². The van der Waals surface area contributed by atoms with Gasteiger partial charge in [-0.2, -0.15) is 0 Å². The fraction of sp³-hybridized carbons (Fsp3) is 0.462. The zero-order chi connectivity index (χ0) is 12.3. The van der Waals surface area contributed by atoms with Gasteiger partial charge in [-0.15, -0.1) is 0 Å². The third-order valence-corrected chi connectivity index (χ3v) is 3.67. The predicted molar refractivity (Wildman–Crippen MR) is 71.5 cm³/mol. The largest absolute Gasteiger partial charge is 0.478 e. The van der Waals surface area contributed by atoms with E-state index in [9.17, 15) is 4.79 Å². The van der Waals surface area contributed by atoms with E-state index in [0.29, 0.717) is 5.56 Å². The molecule has 2 N–H and O–H groups in total. The molecular weight excluding hydrogens is 282 g/mol. The molecule has 0 unspecified atom stereocenters. The van der Waals surface area contributed by atoms with Crippen molar-refractivity contribution in [3.63, 3.8) is 0 Å². The van der Waals surface area contributed by atoms with E-state index in [-0.39, 0.29) is 0 Å². The molecule has 0 spiro atoms. The number of nitrogens with one attached hydrogen (secondary N) is 1. The van der Waals surface area contributed by atoms with E-state index in [1.165, 1.54) is 25.7 Å².